The Kier molecular flexibility index (Phi) is 7.12. The number of hydrazine groups is 1. The van der Waals surface area contributed by atoms with E-state index in [2.05, 4.69) is 13.5 Å². The molecule has 0 heterocycles. The van der Waals surface area contributed by atoms with E-state index >= 15 is 0 Å². The first kappa shape index (κ1) is 16.5. The van der Waals surface area contributed by atoms with Crippen LogP contribution < -0.4 is 0 Å². The molecule has 0 atom stereocenters. The maximum Gasteiger partial charge on any atom is 0.152 e. The molecule has 0 radical (unpaired) electrons. The molecule has 0 saturated carbocycles. The molecule has 0 spiro atoms. The fourth-order valence-electron chi connectivity index (χ4n) is 2.06. The molecule has 0 aliphatic heterocycles. The lowest BCUT2D eigenvalue weighted by Crippen LogP contribution is -2.43. The molecule has 0 saturated heterocycles. The van der Waals surface area contributed by atoms with Crippen molar-refractivity contribution < 1.29 is 9.18 Å². The van der Waals surface area contributed by atoms with Gasteiger partial charge in [-0.15, -0.1) is 6.58 Å². The van der Waals surface area contributed by atoms with Crippen molar-refractivity contribution in [3.63, 3.8) is 0 Å². The Balaban J connectivity index is 2.65. The Hall–Kier alpha value is -1.52. The van der Waals surface area contributed by atoms with Crippen molar-refractivity contribution in [2.75, 3.05) is 20.1 Å². The normalized spacial score (nSPS) is 11.1. The SMILES string of the molecule is C=CCC(=O)CN(CCC)N(C)Cc1cccc(F)c1. The smallest absolute Gasteiger partial charge is 0.152 e. The van der Waals surface area contributed by atoms with Gasteiger partial charge >= 0.3 is 0 Å². The highest BCUT2D eigenvalue weighted by Crippen LogP contribution is 2.09. The van der Waals surface area contributed by atoms with E-state index in [-0.39, 0.29) is 11.6 Å². The van der Waals surface area contributed by atoms with Crippen LogP contribution in [0.1, 0.15) is 25.3 Å². The number of allylic oxidation sites excluding steroid dienone is 1. The molecule has 1 rings (SSSR count). The third kappa shape index (κ3) is 5.63. The number of nitrogens with zero attached hydrogens (tertiary/aromatic N) is 2. The quantitative estimate of drug-likeness (QED) is 0.512. The lowest BCUT2D eigenvalue weighted by atomic mass is 10.2. The summed E-state index contributed by atoms with van der Waals surface area (Å²) in [5, 5.41) is 3.97. The second kappa shape index (κ2) is 8.61. The molecule has 0 aromatic heterocycles. The van der Waals surface area contributed by atoms with Crippen LogP contribution in [0.4, 0.5) is 4.39 Å². The van der Waals surface area contributed by atoms with E-state index in [0.29, 0.717) is 19.5 Å². The maximum absolute atomic E-state index is 13.2. The summed E-state index contributed by atoms with van der Waals surface area (Å²) in [6.07, 6.45) is 2.96. The molecule has 1 aromatic rings. The van der Waals surface area contributed by atoms with Gasteiger partial charge in [0.1, 0.15) is 5.82 Å². The number of Topliss-reactive ketones (excluding diaryl/α,β-unsaturated/α-hetero) is 1. The third-order valence-corrected chi connectivity index (χ3v) is 3.00. The zero-order chi connectivity index (χ0) is 15.0. The molecule has 0 amide bonds. The molecule has 0 unspecified atom stereocenters. The van der Waals surface area contributed by atoms with Crippen molar-refractivity contribution in [3.05, 3.63) is 48.3 Å². The summed E-state index contributed by atoms with van der Waals surface area (Å²) in [6.45, 7) is 7.40. The van der Waals surface area contributed by atoms with Crippen molar-refractivity contribution in [2.24, 2.45) is 0 Å². The van der Waals surface area contributed by atoms with Crippen LogP contribution in [-0.2, 0) is 11.3 Å². The second-order valence-electron chi connectivity index (χ2n) is 4.87. The summed E-state index contributed by atoms with van der Waals surface area (Å²) >= 11 is 0. The zero-order valence-electron chi connectivity index (χ0n) is 12.3. The van der Waals surface area contributed by atoms with Crippen molar-refractivity contribution >= 4 is 5.78 Å². The molecule has 0 N–H and O–H groups in total. The molecule has 1 aromatic carbocycles. The molecular weight excluding hydrogens is 255 g/mol. The number of hydrogen-bond acceptors (Lipinski definition) is 3. The number of carbonyl (C=O) groups is 1. The highest BCUT2D eigenvalue weighted by molar-refractivity contribution is 5.81. The summed E-state index contributed by atoms with van der Waals surface area (Å²) < 4.78 is 13.2. The van der Waals surface area contributed by atoms with Gasteiger partial charge in [0.15, 0.2) is 5.78 Å². The van der Waals surface area contributed by atoms with Gasteiger partial charge in [0.2, 0.25) is 0 Å². The second-order valence-corrected chi connectivity index (χ2v) is 4.87. The lowest BCUT2D eigenvalue weighted by molar-refractivity contribution is -0.124. The fraction of sp³-hybridized carbons (Fsp3) is 0.438. The molecule has 0 fully saturated rings. The number of hydrogen-bond donors (Lipinski definition) is 0. The Bertz CT molecular complexity index is 448. The molecule has 20 heavy (non-hydrogen) atoms. The van der Waals surface area contributed by atoms with Gasteiger partial charge in [0, 0.05) is 26.6 Å². The summed E-state index contributed by atoms with van der Waals surface area (Å²) in [6, 6.07) is 6.54. The number of halogens is 1. The minimum Gasteiger partial charge on any atom is -0.298 e. The summed E-state index contributed by atoms with van der Waals surface area (Å²) in [5.74, 6) is -0.0970. The van der Waals surface area contributed by atoms with Crippen LogP contribution in [0.2, 0.25) is 0 Å². The van der Waals surface area contributed by atoms with Crippen LogP contribution in [0.25, 0.3) is 0 Å². The Morgan fingerprint density at radius 1 is 1.45 bits per heavy atom. The summed E-state index contributed by atoms with van der Waals surface area (Å²) in [4.78, 5) is 11.7. The van der Waals surface area contributed by atoms with Crippen LogP contribution >= 0.6 is 0 Å². The van der Waals surface area contributed by atoms with Gasteiger partial charge in [-0.2, -0.15) is 0 Å². The highest BCUT2D eigenvalue weighted by Gasteiger charge is 2.14. The van der Waals surface area contributed by atoms with E-state index in [1.165, 1.54) is 12.1 Å². The summed E-state index contributed by atoms with van der Waals surface area (Å²) in [5.41, 5.74) is 0.893. The highest BCUT2D eigenvalue weighted by atomic mass is 19.1. The standard InChI is InChI=1S/C16H23FN2O/c1-4-7-16(20)13-19(10-5-2)18(3)12-14-8-6-9-15(17)11-14/h4,6,8-9,11H,1,5,7,10,12-13H2,2-3H3. The zero-order valence-corrected chi connectivity index (χ0v) is 12.3. The van der Waals surface area contributed by atoms with Gasteiger partial charge in [-0.25, -0.2) is 14.4 Å². The number of carbonyl (C=O) groups excluding carboxylic acids is 1. The van der Waals surface area contributed by atoms with Gasteiger partial charge in [-0.3, -0.25) is 4.79 Å². The van der Waals surface area contributed by atoms with Crippen LogP contribution in [0, 0.1) is 5.82 Å². The molecule has 0 aliphatic rings. The third-order valence-electron chi connectivity index (χ3n) is 3.00. The van der Waals surface area contributed by atoms with Crippen LogP contribution in [-0.4, -0.2) is 35.9 Å². The molecular formula is C16H23FN2O. The number of ketones is 1. The Morgan fingerprint density at radius 3 is 2.80 bits per heavy atom. The topological polar surface area (TPSA) is 23.6 Å². The van der Waals surface area contributed by atoms with Crippen LogP contribution in [0.3, 0.4) is 0 Å². The van der Waals surface area contributed by atoms with Crippen molar-refractivity contribution in [3.8, 4) is 0 Å². The van der Waals surface area contributed by atoms with Gasteiger partial charge < -0.3 is 0 Å². The lowest BCUT2D eigenvalue weighted by Gasteiger charge is -2.31. The van der Waals surface area contributed by atoms with Gasteiger partial charge in [-0.1, -0.05) is 25.1 Å². The number of rotatable bonds is 9. The number of benzene rings is 1. The molecule has 0 aliphatic carbocycles. The van der Waals surface area contributed by atoms with E-state index in [4.69, 9.17) is 0 Å². The average molecular weight is 278 g/mol. The van der Waals surface area contributed by atoms with Gasteiger partial charge in [0.05, 0.1) is 6.54 Å². The van der Waals surface area contributed by atoms with Crippen molar-refractivity contribution in [2.45, 2.75) is 26.3 Å². The van der Waals surface area contributed by atoms with Gasteiger partial charge in [0.25, 0.3) is 0 Å². The maximum atomic E-state index is 13.2. The first-order valence-electron chi connectivity index (χ1n) is 6.89. The fourth-order valence-corrected chi connectivity index (χ4v) is 2.06. The first-order valence-corrected chi connectivity index (χ1v) is 6.89. The van der Waals surface area contributed by atoms with Gasteiger partial charge in [-0.05, 0) is 24.1 Å². The molecule has 0 bridgehead atoms. The molecule has 3 nitrogen and oxygen atoms in total. The largest absolute Gasteiger partial charge is 0.298 e. The van der Waals surface area contributed by atoms with Crippen LogP contribution in [0.15, 0.2) is 36.9 Å². The van der Waals surface area contributed by atoms with E-state index < -0.39 is 0 Å². The molecule has 110 valence electrons. The Labute approximate surface area is 120 Å². The first-order chi connectivity index (χ1) is 9.56. The van der Waals surface area contributed by atoms with E-state index in [0.717, 1.165) is 18.5 Å². The van der Waals surface area contributed by atoms with Crippen LogP contribution in [0.5, 0.6) is 0 Å². The minimum atomic E-state index is -0.235. The monoisotopic (exact) mass is 278 g/mol. The molecule has 4 heteroatoms. The van der Waals surface area contributed by atoms with E-state index in [1.54, 1.807) is 12.1 Å². The minimum absolute atomic E-state index is 0.138. The Morgan fingerprint density at radius 2 is 2.20 bits per heavy atom. The predicted molar refractivity (Wildman–Crippen MR) is 79.6 cm³/mol. The van der Waals surface area contributed by atoms with E-state index in [9.17, 15) is 9.18 Å². The predicted octanol–water partition coefficient (Wildman–Crippen LogP) is 3.03. The summed E-state index contributed by atoms with van der Waals surface area (Å²) in [7, 11) is 1.92. The average Bonchev–Trinajstić information content (AvgIpc) is 2.38. The van der Waals surface area contributed by atoms with E-state index in [1.807, 2.05) is 23.1 Å². The van der Waals surface area contributed by atoms with Crippen molar-refractivity contribution in [1.82, 2.24) is 10.0 Å². The van der Waals surface area contributed by atoms with Crippen molar-refractivity contribution in [1.29, 1.82) is 0 Å².